The summed E-state index contributed by atoms with van der Waals surface area (Å²) in [6, 6.07) is 13.3. The Morgan fingerprint density at radius 1 is 0.955 bits per heavy atom. The molecule has 0 radical (unpaired) electrons. The molecule has 0 aromatic heterocycles. The zero-order valence-corrected chi connectivity index (χ0v) is 13.7. The topological polar surface area (TPSA) is 40.5 Å². The highest BCUT2D eigenvalue weighted by Crippen LogP contribution is 2.22. The Bertz CT molecular complexity index is 630. The first-order valence-corrected chi connectivity index (χ1v) is 7.61. The van der Waals surface area contributed by atoms with Crippen LogP contribution in [0.5, 0.6) is 5.75 Å². The SMILES string of the molecule is CC(C)=CCC/C(C)=C/CO.Oc1cccc2ccccc12. The van der Waals surface area contributed by atoms with E-state index in [1.807, 2.05) is 42.5 Å². The van der Waals surface area contributed by atoms with Crippen LogP contribution in [-0.4, -0.2) is 16.8 Å². The number of fused-ring (bicyclic) bond motifs is 1. The van der Waals surface area contributed by atoms with Crippen molar-refractivity contribution in [2.75, 3.05) is 6.61 Å². The normalized spacial score (nSPS) is 10.8. The van der Waals surface area contributed by atoms with Gasteiger partial charge in [-0.3, -0.25) is 0 Å². The van der Waals surface area contributed by atoms with E-state index in [1.54, 1.807) is 6.07 Å². The molecular formula is C20H26O2. The Morgan fingerprint density at radius 2 is 1.64 bits per heavy atom. The largest absolute Gasteiger partial charge is 0.507 e. The molecule has 22 heavy (non-hydrogen) atoms. The number of rotatable bonds is 4. The van der Waals surface area contributed by atoms with Crippen LogP contribution in [0.1, 0.15) is 33.6 Å². The summed E-state index contributed by atoms with van der Waals surface area (Å²) in [5.41, 5.74) is 2.63. The van der Waals surface area contributed by atoms with Crippen molar-refractivity contribution in [1.82, 2.24) is 0 Å². The average Bonchev–Trinajstić information content (AvgIpc) is 2.48. The van der Waals surface area contributed by atoms with E-state index in [9.17, 15) is 5.11 Å². The first-order valence-electron chi connectivity index (χ1n) is 7.61. The maximum Gasteiger partial charge on any atom is 0.123 e. The van der Waals surface area contributed by atoms with Crippen LogP contribution in [0.15, 0.2) is 65.8 Å². The first-order chi connectivity index (χ1) is 10.5. The minimum absolute atomic E-state index is 0.167. The molecule has 0 unspecified atom stereocenters. The van der Waals surface area contributed by atoms with Crippen LogP contribution in [0, 0.1) is 0 Å². The lowest BCUT2D eigenvalue weighted by Gasteiger charge is -1.97. The number of hydrogen-bond acceptors (Lipinski definition) is 2. The van der Waals surface area contributed by atoms with Crippen LogP contribution in [0.4, 0.5) is 0 Å². The van der Waals surface area contributed by atoms with Crippen molar-refractivity contribution in [2.24, 2.45) is 0 Å². The van der Waals surface area contributed by atoms with Crippen LogP contribution in [0.3, 0.4) is 0 Å². The summed E-state index contributed by atoms with van der Waals surface area (Å²) in [6.07, 6.45) is 6.23. The zero-order valence-electron chi connectivity index (χ0n) is 13.7. The van der Waals surface area contributed by atoms with E-state index >= 15 is 0 Å². The second-order valence-corrected chi connectivity index (χ2v) is 5.55. The molecule has 0 aliphatic heterocycles. The molecule has 2 aromatic carbocycles. The molecule has 2 nitrogen and oxygen atoms in total. The number of aromatic hydroxyl groups is 1. The summed E-state index contributed by atoms with van der Waals surface area (Å²) < 4.78 is 0. The van der Waals surface area contributed by atoms with Crippen molar-refractivity contribution in [3.63, 3.8) is 0 Å². The fraction of sp³-hybridized carbons (Fsp3) is 0.300. The summed E-state index contributed by atoms with van der Waals surface area (Å²) in [5.74, 6) is 0.350. The van der Waals surface area contributed by atoms with Crippen LogP contribution in [-0.2, 0) is 0 Å². The van der Waals surface area contributed by atoms with Gasteiger partial charge in [-0.15, -0.1) is 0 Å². The van der Waals surface area contributed by atoms with Gasteiger partial charge >= 0.3 is 0 Å². The Hall–Kier alpha value is -2.06. The standard InChI is InChI=1S/C10H8O.C10H18O/c11-10-7-3-5-8-4-1-2-6-9(8)10;1-9(2)5-4-6-10(3)7-8-11/h1-7,11H;5,7,11H,4,6,8H2,1-3H3/b;10-7+. The van der Waals surface area contributed by atoms with Gasteiger partial charge in [0.15, 0.2) is 0 Å². The molecule has 2 N–H and O–H groups in total. The second kappa shape index (κ2) is 9.80. The number of benzene rings is 2. The Balaban J connectivity index is 0.000000220. The third kappa shape index (κ3) is 6.59. The average molecular weight is 298 g/mol. The molecule has 0 aliphatic carbocycles. The third-order valence-corrected chi connectivity index (χ3v) is 3.30. The smallest absolute Gasteiger partial charge is 0.123 e. The molecule has 118 valence electrons. The molecule has 0 fully saturated rings. The van der Waals surface area contributed by atoms with Gasteiger partial charge in [0.2, 0.25) is 0 Å². The van der Waals surface area contributed by atoms with E-state index < -0.39 is 0 Å². The van der Waals surface area contributed by atoms with Gasteiger partial charge in [0.05, 0.1) is 6.61 Å². The van der Waals surface area contributed by atoms with Crippen LogP contribution < -0.4 is 0 Å². The minimum Gasteiger partial charge on any atom is -0.507 e. The number of phenols is 1. The molecule has 0 bridgehead atoms. The number of hydrogen-bond donors (Lipinski definition) is 2. The lowest BCUT2D eigenvalue weighted by atomic mass is 10.1. The maximum atomic E-state index is 9.37. The fourth-order valence-electron chi connectivity index (χ4n) is 2.05. The van der Waals surface area contributed by atoms with Crippen LogP contribution in [0.25, 0.3) is 10.8 Å². The van der Waals surface area contributed by atoms with Crippen LogP contribution >= 0.6 is 0 Å². The lowest BCUT2D eigenvalue weighted by Crippen LogP contribution is -1.80. The van der Waals surface area contributed by atoms with Crippen molar-refractivity contribution >= 4 is 10.8 Å². The third-order valence-electron chi connectivity index (χ3n) is 3.30. The highest BCUT2D eigenvalue weighted by molar-refractivity contribution is 5.87. The highest BCUT2D eigenvalue weighted by atomic mass is 16.3. The van der Waals surface area contributed by atoms with E-state index in [0.717, 1.165) is 23.6 Å². The van der Waals surface area contributed by atoms with Gasteiger partial charge in [-0.05, 0) is 45.1 Å². The van der Waals surface area contributed by atoms with Gasteiger partial charge < -0.3 is 10.2 Å². The summed E-state index contributed by atoms with van der Waals surface area (Å²) in [6.45, 7) is 6.42. The molecule has 0 amide bonds. The number of phenolic OH excluding ortho intramolecular Hbond substituents is 1. The Morgan fingerprint density at radius 3 is 2.27 bits per heavy atom. The molecule has 2 rings (SSSR count). The molecule has 0 aliphatic rings. The zero-order chi connectivity index (χ0) is 16.4. The number of aliphatic hydroxyl groups is 1. The summed E-state index contributed by atoms with van der Waals surface area (Å²) >= 11 is 0. The number of allylic oxidation sites excluding steroid dienone is 3. The van der Waals surface area contributed by atoms with Gasteiger partial charge in [-0.25, -0.2) is 0 Å². The highest BCUT2D eigenvalue weighted by Gasteiger charge is 1.94. The number of aliphatic hydroxyl groups excluding tert-OH is 1. The van der Waals surface area contributed by atoms with Crippen LogP contribution in [0.2, 0.25) is 0 Å². The van der Waals surface area contributed by atoms with E-state index in [0.29, 0.717) is 5.75 Å². The molecule has 0 saturated carbocycles. The minimum atomic E-state index is 0.167. The monoisotopic (exact) mass is 298 g/mol. The van der Waals surface area contributed by atoms with Crippen molar-refractivity contribution in [1.29, 1.82) is 0 Å². The van der Waals surface area contributed by atoms with Gasteiger partial charge in [0.1, 0.15) is 5.75 Å². The predicted molar refractivity (Wildman–Crippen MR) is 95.1 cm³/mol. The van der Waals surface area contributed by atoms with E-state index in [4.69, 9.17) is 5.11 Å². The summed E-state index contributed by atoms with van der Waals surface area (Å²) in [4.78, 5) is 0. The van der Waals surface area contributed by atoms with E-state index in [1.165, 1.54) is 11.1 Å². The molecule has 2 heteroatoms. The second-order valence-electron chi connectivity index (χ2n) is 5.55. The molecule has 0 saturated heterocycles. The van der Waals surface area contributed by atoms with Gasteiger partial charge in [-0.2, -0.15) is 0 Å². The van der Waals surface area contributed by atoms with E-state index in [2.05, 4.69) is 26.8 Å². The lowest BCUT2D eigenvalue weighted by molar-refractivity contribution is 0.341. The molecule has 0 spiro atoms. The fourth-order valence-corrected chi connectivity index (χ4v) is 2.05. The first kappa shape index (κ1) is 18.0. The van der Waals surface area contributed by atoms with E-state index in [-0.39, 0.29) is 6.61 Å². The van der Waals surface area contributed by atoms with Gasteiger partial charge in [0, 0.05) is 5.39 Å². The van der Waals surface area contributed by atoms with Gasteiger partial charge in [-0.1, -0.05) is 59.7 Å². The Labute approximate surface area is 133 Å². The quantitative estimate of drug-likeness (QED) is 0.760. The van der Waals surface area contributed by atoms with Crippen molar-refractivity contribution in [3.05, 3.63) is 65.8 Å². The predicted octanol–water partition coefficient (Wildman–Crippen LogP) is 5.22. The molecule has 0 heterocycles. The van der Waals surface area contributed by atoms with Gasteiger partial charge in [0.25, 0.3) is 0 Å². The summed E-state index contributed by atoms with van der Waals surface area (Å²) in [7, 11) is 0. The summed E-state index contributed by atoms with van der Waals surface area (Å²) in [5, 5.41) is 19.9. The van der Waals surface area contributed by atoms with Crippen molar-refractivity contribution < 1.29 is 10.2 Å². The maximum absolute atomic E-state index is 9.37. The van der Waals surface area contributed by atoms with Crippen molar-refractivity contribution in [2.45, 2.75) is 33.6 Å². The van der Waals surface area contributed by atoms with Crippen molar-refractivity contribution in [3.8, 4) is 5.75 Å². The molecule has 0 atom stereocenters. The Kier molecular flexibility index (Phi) is 8.01. The molecular weight excluding hydrogens is 272 g/mol. The molecule has 2 aromatic rings.